The molecule has 9 heteroatoms. The van der Waals surface area contributed by atoms with Crippen molar-refractivity contribution in [2.75, 3.05) is 0 Å². The SMILES string of the molecule is BrC(Br)(OC(Br)(Br)C1OC1(Br)c1ccccc1)C1OC1(Br)c1ccccc1. The van der Waals surface area contributed by atoms with Crippen LogP contribution >= 0.6 is 95.6 Å². The molecule has 4 rings (SSSR count). The normalized spacial score (nSPS) is 33.0. The molecular weight excluding hydrogens is 744 g/mol. The third-order valence-corrected chi connectivity index (χ3v) is 8.79. The second-order valence-electron chi connectivity index (χ2n) is 6.24. The first kappa shape index (κ1) is 21.4. The topological polar surface area (TPSA) is 34.3 Å². The Labute approximate surface area is 207 Å². The van der Waals surface area contributed by atoms with Gasteiger partial charge >= 0.3 is 0 Å². The molecule has 0 aliphatic carbocycles. The van der Waals surface area contributed by atoms with Crippen LogP contribution in [0, 0.1) is 0 Å². The van der Waals surface area contributed by atoms with E-state index < -0.39 is 15.9 Å². The summed E-state index contributed by atoms with van der Waals surface area (Å²) < 4.78 is 14.9. The molecule has 27 heavy (non-hydrogen) atoms. The minimum atomic E-state index is -0.969. The first-order valence-electron chi connectivity index (χ1n) is 7.90. The Morgan fingerprint density at radius 2 is 1.00 bits per heavy atom. The lowest BCUT2D eigenvalue weighted by atomic mass is 10.1. The molecule has 4 atom stereocenters. The monoisotopic (exact) mass is 750 g/mol. The summed E-state index contributed by atoms with van der Waals surface area (Å²) in [6.07, 6.45) is -0.635. The Balaban J connectivity index is 1.49. The van der Waals surface area contributed by atoms with Crippen molar-refractivity contribution < 1.29 is 14.2 Å². The van der Waals surface area contributed by atoms with Crippen molar-refractivity contribution in [3.63, 3.8) is 0 Å². The molecule has 0 N–H and O–H groups in total. The van der Waals surface area contributed by atoms with Crippen molar-refractivity contribution >= 4 is 95.6 Å². The van der Waals surface area contributed by atoms with E-state index in [1.807, 2.05) is 60.7 Å². The molecule has 2 heterocycles. The summed E-state index contributed by atoms with van der Waals surface area (Å²) in [5.74, 6) is 0. The van der Waals surface area contributed by atoms with Gasteiger partial charge in [-0.3, -0.25) is 0 Å². The van der Waals surface area contributed by atoms with Gasteiger partial charge in [-0.05, 0) is 107 Å². The van der Waals surface area contributed by atoms with E-state index in [2.05, 4.69) is 95.6 Å². The molecule has 144 valence electrons. The number of benzene rings is 2. The average Bonchev–Trinajstić information content (AvgIpc) is 3.52. The number of ether oxygens (including phenoxy) is 3. The van der Waals surface area contributed by atoms with Gasteiger partial charge < -0.3 is 14.2 Å². The third kappa shape index (κ3) is 4.06. The molecule has 2 saturated heterocycles. The molecule has 3 nitrogen and oxygen atoms in total. The fourth-order valence-electron chi connectivity index (χ4n) is 2.90. The first-order valence-corrected chi connectivity index (χ1v) is 12.7. The first-order chi connectivity index (χ1) is 12.6. The summed E-state index contributed by atoms with van der Waals surface area (Å²) in [5, 5.41) is 0. The minimum Gasteiger partial charge on any atom is -0.344 e. The smallest absolute Gasteiger partial charge is 0.210 e. The highest BCUT2D eigenvalue weighted by Gasteiger charge is 2.71. The molecule has 2 aromatic rings. The van der Waals surface area contributed by atoms with Gasteiger partial charge in [0.05, 0.1) is 0 Å². The van der Waals surface area contributed by atoms with Crippen molar-refractivity contribution in [2.45, 2.75) is 28.1 Å². The van der Waals surface area contributed by atoms with Crippen LogP contribution in [0.1, 0.15) is 11.1 Å². The van der Waals surface area contributed by atoms with Gasteiger partial charge in [-0.15, -0.1) is 0 Å². The molecule has 0 spiro atoms. The van der Waals surface area contributed by atoms with Gasteiger partial charge in [-0.1, -0.05) is 60.7 Å². The molecule has 2 aliphatic heterocycles. The van der Waals surface area contributed by atoms with Crippen LogP contribution < -0.4 is 0 Å². The molecule has 2 aliphatic rings. The second kappa shape index (κ2) is 7.41. The predicted molar refractivity (Wildman–Crippen MR) is 126 cm³/mol. The Hall–Kier alpha value is 1.20. The van der Waals surface area contributed by atoms with E-state index in [0.717, 1.165) is 11.1 Å². The zero-order valence-electron chi connectivity index (χ0n) is 13.4. The molecule has 0 amide bonds. The second-order valence-corrected chi connectivity index (χ2v) is 15.4. The summed E-state index contributed by atoms with van der Waals surface area (Å²) in [6, 6.07) is 19.8. The van der Waals surface area contributed by atoms with Crippen LogP contribution in [0.4, 0.5) is 0 Å². The van der Waals surface area contributed by atoms with Gasteiger partial charge in [0.25, 0.3) is 0 Å². The Morgan fingerprint density at radius 1 is 0.667 bits per heavy atom. The number of hydrogen-bond donors (Lipinski definition) is 0. The number of hydrogen-bond acceptors (Lipinski definition) is 3. The Kier molecular flexibility index (Phi) is 5.88. The van der Waals surface area contributed by atoms with E-state index in [4.69, 9.17) is 14.2 Å². The molecule has 0 radical (unpaired) electrons. The van der Waals surface area contributed by atoms with E-state index in [9.17, 15) is 0 Å². The predicted octanol–water partition coefficient (Wildman–Crippen LogP) is 7.18. The molecule has 0 saturated carbocycles. The van der Waals surface area contributed by atoms with Crippen molar-refractivity contribution in [1.29, 1.82) is 0 Å². The lowest BCUT2D eigenvalue weighted by molar-refractivity contribution is 0.0335. The quantitative estimate of drug-likeness (QED) is 0.232. The van der Waals surface area contributed by atoms with Crippen LogP contribution in [0.5, 0.6) is 0 Å². The number of alkyl halides is 6. The number of epoxide rings is 2. The van der Waals surface area contributed by atoms with Crippen LogP contribution in [0.3, 0.4) is 0 Å². The molecule has 0 bridgehead atoms. The lowest BCUT2D eigenvalue weighted by Crippen LogP contribution is -2.38. The van der Waals surface area contributed by atoms with Crippen LogP contribution in [-0.2, 0) is 23.2 Å². The Bertz CT molecular complexity index is 764. The molecular formula is C18H12Br6O3. The zero-order valence-corrected chi connectivity index (χ0v) is 22.9. The van der Waals surface area contributed by atoms with Gasteiger partial charge in [0, 0.05) is 0 Å². The van der Waals surface area contributed by atoms with Crippen molar-refractivity contribution in [3.05, 3.63) is 71.8 Å². The van der Waals surface area contributed by atoms with E-state index in [1.165, 1.54) is 0 Å². The molecule has 2 fully saturated rings. The maximum Gasteiger partial charge on any atom is 0.210 e. The average molecular weight is 756 g/mol. The fraction of sp³-hybridized carbons (Fsp3) is 0.333. The van der Waals surface area contributed by atoms with E-state index >= 15 is 0 Å². The maximum absolute atomic E-state index is 6.26. The van der Waals surface area contributed by atoms with Gasteiger partial charge in [-0.25, -0.2) is 0 Å². The van der Waals surface area contributed by atoms with E-state index in [-0.39, 0.29) is 12.2 Å². The van der Waals surface area contributed by atoms with Gasteiger partial charge in [0.2, 0.25) is 6.84 Å². The van der Waals surface area contributed by atoms with E-state index in [0.29, 0.717) is 0 Å². The summed E-state index contributed by atoms with van der Waals surface area (Å²) in [7, 11) is 0. The van der Waals surface area contributed by atoms with Crippen LogP contribution in [-0.4, -0.2) is 19.0 Å². The largest absolute Gasteiger partial charge is 0.344 e. The van der Waals surface area contributed by atoms with Crippen LogP contribution in [0.25, 0.3) is 0 Å². The van der Waals surface area contributed by atoms with Crippen molar-refractivity contribution in [2.24, 2.45) is 0 Å². The highest BCUT2D eigenvalue weighted by Crippen LogP contribution is 2.66. The highest BCUT2D eigenvalue weighted by atomic mass is 79.9. The van der Waals surface area contributed by atoms with Crippen LogP contribution in [0.15, 0.2) is 60.7 Å². The molecule has 0 aromatic heterocycles. The van der Waals surface area contributed by atoms with Gasteiger partial charge in [0.1, 0.15) is 0 Å². The zero-order chi connectivity index (χ0) is 19.5. The summed E-state index contributed by atoms with van der Waals surface area (Å²) in [4.78, 5) is 0. The molecule has 4 unspecified atom stereocenters. The summed E-state index contributed by atoms with van der Waals surface area (Å²) >= 11 is 21.8. The van der Waals surface area contributed by atoms with Crippen LogP contribution in [0.2, 0.25) is 0 Å². The minimum absolute atomic E-state index is 0.318. The lowest BCUT2D eigenvalue weighted by Gasteiger charge is -2.29. The maximum atomic E-state index is 6.26. The summed E-state index contributed by atoms with van der Waals surface area (Å²) in [5.41, 5.74) is 2.02. The standard InChI is InChI=1S/C18H12Br6O3/c19-15(11-7-3-1-4-8-11)13(25-15)17(21,22)27-18(23,24)14-16(20,26-14)12-9-5-2-6-10-12/h1-10,13-14H. The van der Waals surface area contributed by atoms with E-state index in [1.54, 1.807) is 0 Å². The van der Waals surface area contributed by atoms with Crippen molar-refractivity contribution in [1.82, 2.24) is 0 Å². The molecule has 2 aromatic carbocycles. The summed E-state index contributed by atoms with van der Waals surface area (Å²) in [6.45, 7) is 0. The highest BCUT2D eigenvalue weighted by molar-refractivity contribution is 9.26. The number of rotatable bonds is 6. The fourth-order valence-corrected chi connectivity index (χ4v) is 9.23. The number of halogens is 6. The van der Waals surface area contributed by atoms with Gasteiger partial charge in [-0.2, -0.15) is 0 Å². The Morgan fingerprint density at radius 3 is 1.33 bits per heavy atom. The third-order valence-electron chi connectivity index (χ3n) is 4.36. The van der Waals surface area contributed by atoms with Gasteiger partial charge in [0.15, 0.2) is 21.2 Å². The van der Waals surface area contributed by atoms with Crippen molar-refractivity contribution in [3.8, 4) is 0 Å².